The van der Waals surface area contributed by atoms with Crippen LogP contribution in [-0.2, 0) is 9.16 Å². The monoisotopic (exact) mass is 436 g/mol. The van der Waals surface area contributed by atoms with Crippen molar-refractivity contribution in [3.8, 4) is 0 Å². The van der Waals surface area contributed by atoms with Gasteiger partial charge in [0, 0.05) is 0 Å². The lowest BCUT2D eigenvalue weighted by Gasteiger charge is -2.46. The zero-order valence-corrected chi connectivity index (χ0v) is 20.8. The van der Waals surface area contributed by atoms with Gasteiger partial charge in [-0.1, -0.05) is 107 Å². The molecule has 0 amide bonds. The molecule has 0 aliphatic heterocycles. The molecule has 168 valence electrons. The average molecular weight is 437 g/mol. The van der Waals surface area contributed by atoms with Crippen LogP contribution in [0.15, 0.2) is 73.3 Å². The third-order valence-electron chi connectivity index (χ3n) is 6.62. The Balaban J connectivity index is 1.99. The summed E-state index contributed by atoms with van der Waals surface area (Å²) in [7, 11) is -2.58. The van der Waals surface area contributed by atoms with Gasteiger partial charge in [0.05, 0.1) is 18.3 Å². The molecule has 0 N–H and O–H groups in total. The third-order valence-corrected chi connectivity index (χ3v) is 11.8. The smallest absolute Gasteiger partial charge is 0.261 e. The lowest BCUT2D eigenvalue weighted by atomic mass is 9.97. The van der Waals surface area contributed by atoms with Gasteiger partial charge in [-0.3, -0.25) is 0 Å². The fourth-order valence-corrected chi connectivity index (χ4v) is 9.74. The van der Waals surface area contributed by atoms with Gasteiger partial charge in [-0.05, 0) is 41.6 Å². The second-order valence-electron chi connectivity index (χ2n) is 9.95. The van der Waals surface area contributed by atoms with Crippen molar-refractivity contribution in [2.45, 2.75) is 89.6 Å². The Morgan fingerprint density at radius 1 is 0.935 bits per heavy atom. The summed E-state index contributed by atoms with van der Waals surface area (Å²) in [6, 6.07) is 21.7. The van der Waals surface area contributed by atoms with E-state index in [9.17, 15) is 0 Å². The Morgan fingerprint density at radius 3 is 1.90 bits per heavy atom. The molecule has 0 saturated heterocycles. The molecular weight excluding hydrogens is 396 g/mol. The van der Waals surface area contributed by atoms with E-state index in [1.165, 1.54) is 42.5 Å². The van der Waals surface area contributed by atoms with Crippen molar-refractivity contribution in [2.75, 3.05) is 0 Å². The summed E-state index contributed by atoms with van der Waals surface area (Å²) in [6.45, 7) is 13.2. The number of ether oxygens (including phenoxy) is 1. The number of hydrogen-bond acceptors (Lipinski definition) is 2. The van der Waals surface area contributed by atoms with Gasteiger partial charge in [0.2, 0.25) is 0 Å². The number of rotatable bonds is 9. The molecule has 0 radical (unpaired) electrons. The molecule has 0 aromatic heterocycles. The van der Waals surface area contributed by atoms with Gasteiger partial charge in [-0.25, -0.2) is 0 Å². The summed E-state index contributed by atoms with van der Waals surface area (Å²) in [5, 5.41) is 2.60. The highest BCUT2D eigenvalue weighted by atomic mass is 28.4. The first-order valence-corrected chi connectivity index (χ1v) is 13.8. The second-order valence-corrected chi connectivity index (χ2v) is 14.2. The summed E-state index contributed by atoms with van der Waals surface area (Å²) >= 11 is 0. The molecule has 0 bridgehead atoms. The molecule has 2 nitrogen and oxygen atoms in total. The minimum absolute atomic E-state index is 0.0220. The fourth-order valence-electron chi connectivity index (χ4n) is 5.02. The predicted octanol–water partition coefficient (Wildman–Crippen LogP) is 6.25. The standard InChI is InChI=1S/C28H40O2Si/c1-6-16-27(29-24-17-10-7-11-18-24)23(2)30-31(28(3,4)5,25-19-12-8-13-20-25)26-21-14-9-15-22-26/h6,8-9,12-15,19-24,27H,1,7,10-11,16-18H2,2-5H3/t23-,27-/m0/s1. The average Bonchev–Trinajstić information content (AvgIpc) is 2.78. The summed E-state index contributed by atoms with van der Waals surface area (Å²) in [4.78, 5) is 0. The lowest BCUT2D eigenvalue weighted by molar-refractivity contribution is -0.0749. The molecule has 3 heteroatoms. The Hall–Kier alpha value is -1.68. The van der Waals surface area contributed by atoms with Gasteiger partial charge in [-0.2, -0.15) is 0 Å². The Morgan fingerprint density at radius 2 is 1.45 bits per heavy atom. The zero-order chi connectivity index (χ0) is 22.3. The Labute approximate surface area is 190 Å². The van der Waals surface area contributed by atoms with E-state index in [0.717, 1.165) is 6.42 Å². The van der Waals surface area contributed by atoms with Crippen LogP contribution in [-0.4, -0.2) is 26.6 Å². The number of hydrogen-bond donors (Lipinski definition) is 0. The van der Waals surface area contributed by atoms with E-state index in [-0.39, 0.29) is 17.2 Å². The van der Waals surface area contributed by atoms with Crippen molar-refractivity contribution in [1.29, 1.82) is 0 Å². The molecule has 2 aromatic carbocycles. The first-order valence-electron chi connectivity index (χ1n) is 11.9. The summed E-state index contributed by atoms with van der Waals surface area (Å²) < 4.78 is 13.9. The maximum Gasteiger partial charge on any atom is 0.261 e. The van der Waals surface area contributed by atoms with Crippen molar-refractivity contribution in [3.63, 3.8) is 0 Å². The van der Waals surface area contributed by atoms with Crippen molar-refractivity contribution in [1.82, 2.24) is 0 Å². The zero-order valence-electron chi connectivity index (χ0n) is 19.8. The van der Waals surface area contributed by atoms with Crippen LogP contribution in [0, 0.1) is 0 Å². The van der Waals surface area contributed by atoms with Crippen LogP contribution < -0.4 is 10.4 Å². The molecule has 1 aliphatic carbocycles. The van der Waals surface area contributed by atoms with E-state index in [1.807, 2.05) is 6.08 Å². The van der Waals surface area contributed by atoms with Crippen LogP contribution in [0.25, 0.3) is 0 Å². The van der Waals surface area contributed by atoms with E-state index < -0.39 is 8.32 Å². The van der Waals surface area contributed by atoms with E-state index in [4.69, 9.17) is 9.16 Å². The summed E-state index contributed by atoms with van der Waals surface area (Å²) in [5.74, 6) is 0. The third kappa shape index (κ3) is 5.57. The van der Waals surface area contributed by atoms with Crippen molar-refractivity contribution in [2.24, 2.45) is 0 Å². The molecule has 2 aromatic rings. The van der Waals surface area contributed by atoms with Crippen LogP contribution in [0.4, 0.5) is 0 Å². The van der Waals surface area contributed by atoms with E-state index in [1.54, 1.807) is 0 Å². The molecule has 1 aliphatic rings. The summed E-state index contributed by atoms with van der Waals surface area (Å²) in [6.07, 6.45) is 9.37. The minimum atomic E-state index is -2.58. The molecule has 31 heavy (non-hydrogen) atoms. The highest BCUT2D eigenvalue weighted by Gasteiger charge is 2.51. The van der Waals surface area contributed by atoms with Gasteiger partial charge in [0.1, 0.15) is 0 Å². The molecule has 3 rings (SSSR count). The minimum Gasteiger partial charge on any atom is -0.402 e. The first-order chi connectivity index (χ1) is 14.9. The topological polar surface area (TPSA) is 18.5 Å². The van der Waals surface area contributed by atoms with Crippen LogP contribution in [0.3, 0.4) is 0 Å². The van der Waals surface area contributed by atoms with Gasteiger partial charge in [0.15, 0.2) is 0 Å². The van der Waals surface area contributed by atoms with Crippen LogP contribution in [0.5, 0.6) is 0 Å². The van der Waals surface area contributed by atoms with E-state index >= 15 is 0 Å². The molecule has 0 spiro atoms. The van der Waals surface area contributed by atoms with Crippen molar-refractivity contribution < 1.29 is 9.16 Å². The van der Waals surface area contributed by atoms with Crippen LogP contribution >= 0.6 is 0 Å². The molecule has 2 atom stereocenters. The van der Waals surface area contributed by atoms with Gasteiger partial charge >= 0.3 is 0 Å². The van der Waals surface area contributed by atoms with Gasteiger partial charge < -0.3 is 9.16 Å². The Bertz CT molecular complexity index is 751. The second kappa shape index (κ2) is 10.8. The quantitative estimate of drug-likeness (QED) is 0.342. The fraction of sp³-hybridized carbons (Fsp3) is 0.500. The molecular formula is C28H40O2Si. The van der Waals surface area contributed by atoms with Crippen LogP contribution in [0.1, 0.15) is 66.2 Å². The van der Waals surface area contributed by atoms with Crippen molar-refractivity contribution >= 4 is 18.7 Å². The maximum absolute atomic E-state index is 7.30. The van der Waals surface area contributed by atoms with E-state index in [0.29, 0.717) is 6.10 Å². The Kier molecular flexibility index (Phi) is 8.32. The lowest BCUT2D eigenvalue weighted by Crippen LogP contribution is -2.68. The molecule has 1 saturated carbocycles. The molecule has 1 fully saturated rings. The maximum atomic E-state index is 7.30. The summed E-state index contributed by atoms with van der Waals surface area (Å²) in [5.41, 5.74) is 0. The van der Waals surface area contributed by atoms with Gasteiger partial charge in [0.25, 0.3) is 8.32 Å². The molecule has 0 unspecified atom stereocenters. The normalized spacial score (nSPS) is 17.8. The van der Waals surface area contributed by atoms with Crippen LogP contribution in [0.2, 0.25) is 5.04 Å². The van der Waals surface area contributed by atoms with Crippen molar-refractivity contribution in [3.05, 3.63) is 73.3 Å². The largest absolute Gasteiger partial charge is 0.402 e. The van der Waals surface area contributed by atoms with Gasteiger partial charge in [-0.15, -0.1) is 6.58 Å². The highest BCUT2D eigenvalue weighted by molar-refractivity contribution is 6.99. The van der Waals surface area contributed by atoms with E-state index in [2.05, 4.69) is 94.9 Å². The SMILES string of the molecule is C=CC[C@H](OC1CCCCC1)[C@H](C)O[Si](c1ccccc1)(c1ccccc1)C(C)(C)C. The highest BCUT2D eigenvalue weighted by Crippen LogP contribution is 2.38. The predicted molar refractivity (Wildman–Crippen MR) is 135 cm³/mol. The molecule has 0 heterocycles. The number of benzene rings is 2. The first kappa shape index (κ1) is 24.0.